The van der Waals surface area contributed by atoms with E-state index in [1.165, 1.54) is 10.6 Å². The Morgan fingerprint density at radius 2 is 2.00 bits per heavy atom. The molecule has 0 bridgehead atoms. The number of ether oxygens (including phenoxy) is 1. The molecular weight excluding hydrogens is 320 g/mol. The van der Waals surface area contributed by atoms with Crippen molar-refractivity contribution >= 4 is 11.4 Å². The van der Waals surface area contributed by atoms with Gasteiger partial charge < -0.3 is 15.0 Å². The molecule has 0 aliphatic carbocycles. The Morgan fingerprint density at radius 1 is 1.28 bits per heavy atom. The predicted octanol–water partition coefficient (Wildman–Crippen LogP) is 1.80. The Morgan fingerprint density at radius 3 is 2.72 bits per heavy atom. The van der Waals surface area contributed by atoms with Gasteiger partial charge in [0, 0.05) is 31.1 Å². The van der Waals surface area contributed by atoms with Gasteiger partial charge in [0.25, 0.3) is 11.5 Å². The van der Waals surface area contributed by atoms with E-state index in [4.69, 9.17) is 4.74 Å². The monoisotopic (exact) mass is 340 g/mol. The summed E-state index contributed by atoms with van der Waals surface area (Å²) < 4.78 is 6.78. The molecule has 2 aromatic heterocycles. The summed E-state index contributed by atoms with van der Waals surface area (Å²) >= 11 is 0. The quantitative estimate of drug-likeness (QED) is 0.716. The minimum absolute atomic E-state index is 0.212. The largest absolute Gasteiger partial charge is 0.377 e. The lowest BCUT2D eigenvalue weighted by atomic mass is 10.1. The zero-order chi connectivity index (χ0) is 17.8. The third-order valence-electron chi connectivity index (χ3n) is 3.78. The number of hydrogen-bond donors (Lipinski definition) is 2. The third-order valence-corrected chi connectivity index (χ3v) is 3.78. The number of fused-ring (bicyclic) bond motifs is 1. The van der Waals surface area contributed by atoms with Crippen LogP contribution in [-0.2, 0) is 17.9 Å². The van der Waals surface area contributed by atoms with Crippen molar-refractivity contribution in [3.8, 4) is 0 Å². The molecule has 0 fully saturated rings. The van der Waals surface area contributed by atoms with Gasteiger partial charge in [0.05, 0.1) is 6.61 Å². The minimum atomic E-state index is -0.320. The Hall–Kier alpha value is -2.93. The lowest BCUT2D eigenvalue weighted by Gasteiger charge is -2.05. The second-order valence-electron chi connectivity index (χ2n) is 5.76. The highest BCUT2D eigenvalue weighted by Crippen LogP contribution is 2.07. The predicted molar refractivity (Wildman–Crippen MR) is 93.5 cm³/mol. The molecule has 2 N–H and O–H groups in total. The van der Waals surface area contributed by atoms with Crippen molar-refractivity contribution in [2.45, 2.75) is 27.0 Å². The number of aromatic nitrogens is 3. The molecule has 2 heterocycles. The van der Waals surface area contributed by atoms with E-state index in [-0.39, 0.29) is 17.2 Å². The van der Waals surface area contributed by atoms with Crippen LogP contribution in [0.2, 0.25) is 0 Å². The highest BCUT2D eigenvalue weighted by atomic mass is 16.5. The summed E-state index contributed by atoms with van der Waals surface area (Å²) in [5.74, 6) is -0.320. The Bertz CT molecular complexity index is 941. The van der Waals surface area contributed by atoms with Crippen LogP contribution in [0.4, 0.5) is 0 Å². The molecular formula is C18H20N4O3. The van der Waals surface area contributed by atoms with Gasteiger partial charge >= 0.3 is 0 Å². The first-order chi connectivity index (χ1) is 12.1. The van der Waals surface area contributed by atoms with E-state index in [9.17, 15) is 9.59 Å². The van der Waals surface area contributed by atoms with Crippen LogP contribution in [0.1, 0.15) is 34.2 Å². The summed E-state index contributed by atoms with van der Waals surface area (Å²) in [5, 5.41) is 6.98. The van der Waals surface area contributed by atoms with Crippen LogP contribution in [0.5, 0.6) is 0 Å². The summed E-state index contributed by atoms with van der Waals surface area (Å²) in [6, 6.07) is 9.34. The highest BCUT2D eigenvalue weighted by Gasteiger charge is 2.12. The summed E-state index contributed by atoms with van der Waals surface area (Å²) in [6.45, 7) is 5.37. The molecule has 0 spiro atoms. The normalized spacial score (nSPS) is 11.0. The topological polar surface area (TPSA) is 88.5 Å². The maximum absolute atomic E-state index is 12.3. The highest BCUT2D eigenvalue weighted by molar-refractivity contribution is 5.93. The molecule has 3 rings (SSSR count). The van der Waals surface area contributed by atoms with Gasteiger partial charge in [-0.05, 0) is 25.0 Å². The van der Waals surface area contributed by atoms with Crippen molar-refractivity contribution in [1.29, 1.82) is 0 Å². The van der Waals surface area contributed by atoms with Gasteiger partial charge in [-0.15, -0.1) is 0 Å². The van der Waals surface area contributed by atoms with E-state index in [0.29, 0.717) is 31.0 Å². The number of carbonyl (C=O) groups excluding carboxylic acids is 1. The zero-order valence-corrected chi connectivity index (χ0v) is 14.2. The number of aromatic amines is 1. The Balaban J connectivity index is 1.66. The van der Waals surface area contributed by atoms with Crippen molar-refractivity contribution in [2.75, 3.05) is 6.61 Å². The van der Waals surface area contributed by atoms with Gasteiger partial charge in [-0.3, -0.25) is 9.59 Å². The smallest absolute Gasteiger partial charge is 0.274 e. The van der Waals surface area contributed by atoms with Gasteiger partial charge in [-0.25, -0.2) is 4.52 Å². The van der Waals surface area contributed by atoms with Crippen LogP contribution in [-0.4, -0.2) is 27.1 Å². The molecule has 0 saturated heterocycles. The minimum Gasteiger partial charge on any atom is -0.377 e. The Labute approximate surface area is 144 Å². The van der Waals surface area contributed by atoms with Gasteiger partial charge in [-0.2, -0.15) is 5.10 Å². The summed E-state index contributed by atoms with van der Waals surface area (Å²) in [6.07, 6.45) is 1.67. The van der Waals surface area contributed by atoms with Crippen molar-refractivity contribution in [1.82, 2.24) is 19.9 Å². The van der Waals surface area contributed by atoms with Crippen molar-refractivity contribution in [2.24, 2.45) is 0 Å². The molecule has 1 aromatic carbocycles. The van der Waals surface area contributed by atoms with Crippen LogP contribution in [0.15, 0.2) is 41.3 Å². The van der Waals surface area contributed by atoms with Crippen molar-refractivity contribution in [3.05, 3.63) is 69.4 Å². The molecule has 0 unspecified atom stereocenters. The van der Waals surface area contributed by atoms with Crippen LogP contribution in [0.3, 0.4) is 0 Å². The molecule has 130 valence electrons. The SMILES string of the molecule is CCOCc1ccc(CNC(=O)c2cc3c(=O)[nH]c(C)cn3n2)cc1. The van der Waals surface area contributed by atoms with Gasteiger partial charge in [-0.1, -0.05) is 24.3 Å². The number of hydrogen-bond acceptors (Lipinski definition) is 4. The zero-order valence-electron chi connectivity index (χ0n) is 14.2. The molecule has 0 aliphatic rings. The maximum Gasteiger partial charge on any atom is 0.274 e. The van der Waals surface area contributed by atoms with Gasteiger partial charge in [0.15, 0.2) is 5.69 Å². The fourth-order valence-electron chi connectivity index (χ4n) is 2.48. The molecule has 25 heavy (non-hydrogen) atoms. The molecule has 0 atom stereocenters. The van der Waals surface area contributed by atoms with E-state index in [2.05, 4.69) is 15.4 Å². The molecule has 7 nitrogen and oxygen atoms in total. The summed E-state index contributed by atoms with van der Waals surface area (Å²) in [4.78, 5) is 26.8. The molecule has 1 amide bonds. The fourth-order valence-corrected chi connectivity index (χ4v) is 2.48. The first kappa shape index (κ1) is 16.9. The van der Waals surface area contributed by atoms with Crippen LogP contribution >= 0.6 is 0 Å². The van der Waals surface area contributed by atoms with E-state index in [0.717, 1.165) is 11.1 Å². The first-order valence-electron chi connectivity index (χ1n) is 8.10. The number of benzene rings is 1. The van der Waals surface area contributed by atoms with Crippen molar-refractivity contribution in [3.63, 3.8) is 0 Å². The number of rotatable bonds is 6. The first-order valence-corrected chi connectivity index (χ1v) is 8.10. The lowest BCUT2D eigenvalue weighted by molar-refractivity contribution is 0.0945. The van der Waals surface area contributed by atoms with Crippen LogP contribution in [0, 0.1) is 6.92 Å². The average Bonchev–Trinajstić information content (AvgIpc) is 3.03. The molecule has 0 radical (unpaired) electrons. The molecule has 0 aliphatic heterocycles. The van der Waals surface area contributed by atoms with E-state index in [1.807, 2.05) is 31.2 Å². The van der Waals surface area contributed by atoms with E-state index >= 15 is 0 Å². The summed E-state index contributed by atoms with van der Waals surface area (Å²) in [5.41, 5.74) is 3.04. The average molecular weight is 340 g/mol. The second kappa shape index (κ2) is 7.31. The summed E-state index contributed by atoms with van der Waals surface area (Å²) in [7, 11) is 0. The third kappa shape index (κ3) is 3.95. The van der Waals surface area contributed by atoms with Gasteiger partial charge in [0.1, 0.15) is 5.52 Å². The number of H-pyrrole nitrogens is 1. The van der Waals surface area contributed by atoms with Crippen LogP contribution < -0.4 is 10.9 Å². The number of aryl methyl sites for hydroxylation is 1. The molecule has 3 aromatic rings. The number of nitrogens with one attached hydrogen (secondary N) is 2. The van der Waals surface area contributed by atoms with E-state index < -0.39 is 0 Å². The lowest BCUT2D eigenvalue weighted by Crippen LogP contribution is -2.23. The fraction of sp³-hybridized carbons (Fsp3) is 0.278. The number of nitrogens with zero attached hydrogens (tertiary/aromatic N) is 2. The van der Waals surface area contributed by atoms with E-state index in [1.54, 1.807) is 13.1 Å². The van der Waals surface area contributed by atoms with Gasteiger partial charge in [0.2, 0.25) is 0 Å². The number of carbonyl (C=O) groups is 1. The second-order valence-corrected chi connectivity index (χ2v) is 5.76. The molecule has 7 heteroatoms. The van der Waals surface area contributed by atoms with Crippen molar-refractivity contribution < 1.29 is 9.53 Å². The molecule has 0 saturated carbocycles. The Kier molecular flexibility index (Phi) is 4.95. The van der Waals surface area contributed by atoms with Crippen LogP contribution in [0.25, 0.3) is 5.52 Å². The standard InChI is InChI=1S/C18H20N4O3/c1-3-25-11-14-6-4-13(5-7-14)9-19-17(23)15-8-16-18(24)20-12(2)10-22(16)21-15/h4-8,10H,3,9,11H2,1-2H3,(H,19,23)(H,20,24). The maximum atomic E-state index is 12.3. The number of amides is 1.